The van der Waals surface area contributed by atoms with Crippen LogP contribution in [0.1, 0.15) is 37.3 Å². The van der Waals surface area contributed by atoms with Crippen molar-refractivity contribution < 1.29 is 13.5 Å². The molecule has 0 aliphatic heterocycles. The minimum absolute atomic E-state index is 0.172. The Morgan fingerprint density at radius 2 is 2.07 bits per heavy atom. The number of methoxy groups -OCH3 is 1. The molecule has 28 heavy (non-hydrogen) atoms. The molecule has 1 atom stereocenters. The monoisotopic (exact) mass is 406 g/mol. The first-order chi connectivity index (χ1) is 13.4. The highest BCUT2D eigenvalue weighted by molar-refractivity contribution is 7.99. The number of fused-ring (bicyclic) bond motifs is 1. The number of nitrogens with zero attached hydrogens (tertiary/aromatic N) is 3. The zero-order chi connectivity index (χ0) is 20.3. The number of imidazole rings is 1. The Morgan fingerprint density at radius 3 is 2.79 bits per heavy atom. The molecule has 0 spiro atoms. The Morgan fingerprint density at radius 1 is 1.29 bits per heavy atom. The third-order valence-electron chi connectivity index (χ3n) is 4.66. The first-order valence-electron chi connectivity index (χ1n) is 9.14. The number of anilines is 1. The molecular formula is C20H24F2N4OS. The van der Waals surface area contributed by atoms with Crippen LogP contribution in [0.3, 0.4) is 0 Å². The lowest BCUT2D eigenvalue weighted by atomic mass is 10.2. The fraction of sp³-hybridized carbons (Fsp3) is 0.400. The Kier molecular flexibility index (Phi) is 6.51. The number of hydrogen-bond donors (Lipinski definition) is 1. The molecule has 0 amide bonds. The molecule has 3 aromatic rings. The van der Waals surface area contributed by atoms with Crippen molar-refractivity contribution in [2.24, 2.45) is 0 Å². The van der Waals surface area contributed by atoms with Gasteiger partial charge in [0.05, 0.1) is 5.52 Å². The minimum Gasteiger partial charge on any atom is -0.382 e. The van der Waals surface area contributed by atoms with Crippen molar-refractivity contribution in [1.29, 1.82) is 0 Å². The Balaban J connectivity index is 1.70. The highest BCUT2D eigenvalue weighted by atomic mass is 32.2. The van der Waals surface area contributed by atoms with E-state index in [4.69, 9.17) is 10.5 Å². The number of rotatable bonds is 8. The van der Waals surface area contributed by atoms with Crippen molar-refractivity contribution >= 4 is 28.6 Å². The first kappa shape index (κ1) is 20.5. The van der Waals surface area contributed by atoms with Gasteiger partial charge in [-0.2, -0.15) is 0 Å². The number of nitrogens with two attached hydrogens (primary N) is 1. The van der Waals surface area contributed by atoms with E-state index < -0.39 is 11.6 Å². The molecule has 0 radical (unpaired) electrons. The molecule has 0 bridgehead atoms. The van der Waals surface area contributed by atoms with Crippen molar-refractivity contribution in [3.8, 4) is 0 Å². The van der Waals surface area contributed by atoms with E-state index >= 15 is 0 Å². The third kappa shape index (κ3) is 4.28. The summed E-state index contributed by atoms with van der Waals surface area (Å²) >= 11 is 1.40. The number of pyridine rings is 1. The zero-order valence-electron chi connectivity index (χ0n) is 16.2. The number of ether oxygens (including phenoxy) is 1. The van der Waals surface area contributed by atoms with Crippen LogP contribution in [0, 0.1) is 18.6 Å². The fourth-order valence-electron chi connectivity index (χ4n) is 3.13. The van der Waals surface area contributed by atoms with Gasteiger partial charge in [-0.25, -0.2) is 18.7 Å². The quantitative estimate of drug-likeness (QED) is 0.427. The normalized spacial score (nSPS) is 12.6. The summed E-state index contributed by atoms with van der Waals surface area (Å²) in [4.78, 5) is 9.34. The molecule has 2 N–H and O–H groups in total. The van der Waals surface area contributed by atoms with Crippen molar-refractivity contribution in [2.45, 2.75) is 44.2 Å². The van der Waals surface area contributed by atoms with Crippen LogP contribution in [0.5, 0.6) is 0 Å². The summed E-state index contributed by atoms with van der Waals surface area (Å²) in [6, 6.07) is 3.68. The summed E-state index contributed by atoms with van der Waals surface area (Å²) < 4.78 is 34.3. The standard InChI is InChI=1S/C20H24F2N4OS/c1-12-11-24-19(23)17-18(12)26(20(25-17)13(2)27-3)8-4-5-9-28-16-7-6-14(21)10-15(16)22/h6-7,10-11,13H,4-5,8-9H2,1-3H3,(H2,23,24). The number of aryl methyl sites for hydroxylation is 2. The second kappa shape index (κ2) is 8.87. The average Bonchev–Trinajstić information content (AvgIpc) is 3.06. The van der Waals surface area contributed by atoms with Gasteiger partial charge in [-0.05, 0) is 50.1 Å². The van der Waals surface area contributed by atoms with Gasteiger partial charge in [0.2, 0.25) is 0 Å². The molecule has 3 rings (SSSR count). The zero-order valence-corrected chi connectivity index (χ0v) is 17.0. The summed E-state index contributed by atoms with van der Waals surface area (Å²) in [5.74, 6) is 0.898. The maximum Gasteiger partial charge on any atom is 0.151 e. The average molecular weight is 407 g/mol. The molecule has 8 heteroatoms. The number of unbranched alkanes of at least 4 members (excludes halogenated alkanes) is 1. The van der Waals surface area contributed by atoms with E-state index in [0.717, 1.165) is 48.1 Å². The van der Waals surface area contributed by atoms with Gasteiger partial charge in [-0.3, -0.25) is 0 Å². The fourth-order valence-corrected chi connectivity index (χ4v) is 4.06. The van der Waals surface area contributed by atoms with Crippen LogP contribution in [0.4, 0.5) is 14.6 Å². The van der Waals surface area contributed by atoms with E-state index in [2.05, 4.69) is 14.5 Å². The van der Waals surface area contributed by atoms with Gasteiger partial charge >= 0.3 is 0 Å². The lowest BCUT2D eigenvalue weighted by Crippen LogP contribution is -2.09. The number of nitrogen functional groups attached to an aromatic ring is 1. The van der Waals surface area contributed by atoms with Crippen LogP contribution in [-0.4, -0.2) is 27.4 Å². The van der Waals surface area contributed by atoms with Crippen LogP contribution in [0.2, 0.25) is 0 Å². The van der Waals surface area contributed by atoms with E-state index in [1.54, 1.807) is 13.3 Å². The molecule has 2 aromatic heterocycles. The SMILES string of the molecule is COC(C)c1nc2c(N)ncc(C)c2n1CCCCSc1ccc(F)cc1F. The van der Waals surface area contributed by atoms with Gasteiger partial charge in [0.25, 0.3) is 0 Å². The first-order valence-corrected chi connectivity index (χ1v) is 10.1. The summed E-state index contributed by atoms with van der Waals surface area (Å²) in [7, 11) is 1.65. The molecule has 1 unspecified atom stereocenters. The van der Waals surface area contributed by atoms with Gasteiger partial charge in [0.15, 0.2) is 5.82 Å². The van der Waals surface area contributed by atoms with Crippen molar-refractivity contribution in [2.75, 3.05) is 18.6 Å². The number of benzene rings is 1. The topological polar surface area (TPSA) is 66.0 Å². The molecule has 0 saturated heterocycles. The second-order valence-electron chi connectivity index (χ2n) is 6.65. The van der Waals surface area contributed by atoms with Gasteiger partial charge < -0.3 is 15.0 Å². The Labute approximate surface area is 167 Å². The largest absolute Gasteiger partial charge is 0.382 e. The smallest absolute Gasteiger partial charge is 0.151 e. The number of hydrogen-bond acceptors (Lipinski definition) is 5. The van der Waals surface area contributed by atoms with E-state index in [0.29, 0.717) is 16.2 Å². The lowest BCUT2D eigenvalue weighted by molar-refractivity contribution is 0.109. The molecular weight excluding hydrogens is 382 g/mol. The predicted octanol–water partition coefficient (Wildman–Crippen LogP) is 4.88. The number of thioether (sulfide) groups is 1. The van der Waals surface area contributed by atoms with Crippen LogP contribution in [-0.2, 0) is 11.3 Å². The maximum atomic E-state index is 13.7. The highest BCUT2D eigenvalue weighted by Gasteiger charge is 2.19. The highest BCUT2D eigenvalue weighted by Crippen LogP contribution is 2.28. The molecule has 0 saturated carbocycles. The van der Waals surface area contributed by atoms with Crippen molar-refractivity contribution in [3.05, 3.63) is 47.4 Å². The molecule has 1 aromatic carbocycles. The van der Waals surface area contributed by atoms with Crippen molar-refractivity contribution in [1.82, 2.24) is 14.5 Å². The van der Waals surface area contributed by atoms with E-state index in [1.807, 2.05) is 13.8 Å². The Hall–Kier alpha value is -2.19. The number of halogens is 2. The molecule has 0 fully saturated rings. The number of aromatic nitrogens is 3. The van der Waals surface area contributed by atoms with Gasteiger partial charge in [0.1, 0.15) is 29.1 Å². The molecule has 150 valence electrons. The Bertz CT molecular complexity index is 976. The van der Waals surface area contributed by atoms with Crippen LogP contribution in [0.25, 0.3) is 11.0 Å². The van der Waals surface area contributed by atoms with Crippen LogP contribution < -0.4 is 5.73 Å². The predicted molar refractivity (Wildman–Crippen MR) is 108 cm³/mol. The van der Waals surface area contributed by atoms with Gasteiger partial charge in [-0.1, -0.05) is 0 Å². The summed E-state index contributed by atoms with van der Waals surface area (Å²) in [5.41, 5.74) is 8.70. The maximum absolute atomic E-state index is 13.7. The van der Waals surface area contributed by atoms with Crippen molar-refractivity contribution in [3.63, 3.8) is 0 Å². The molecule has 5 nitrogen and oxygen atoms in total. The second-order valence-corrected chi connectivity index (χ2v) is 7.79. The third-order valence-corrected chi connectivity index (χ3v) is 5.79. The van der Waals surface area contributed by atoms with E-state index in [1.165, 1.54) is 23.9 Å². The molecule has 0 aliphatic rings. The van der Waals surface area contributed by atoms with Gasteiger partial charge in [-0.15, -0.1) is 11.8 Å². The summed E-state index contributed by atoms with van der Waals surface area (Å²) in [6.45, 7) is 4.68. The van der Waals surface area contributed by atoms with Gasteiger partial charge in [0, 0.05) is 30.8 Å². The van der Waals surface area contributed by atoms with Crippen LogP contribution >= 0.6 is 11.8 Å². The lowest BCUT2D eigenvalue weighted by Gasteiger charge is -2.14. The van der Waals surface area contributed by atoms with Crippen LogP contribution in [0.15, 0.2) is 29.3 Å². The summed E-state index contributed by atoms with van der Waals surface area (Å²) in [5, 5.41) is 0. The van der Waals surface area contributed by atoms with E-state index in [-0.39, 0.29) is 6.10 Å². The molecule has 0 aliphatic carbocycles. The minimum atomic E-state index is -0.558. The molecule has 2 heterocycles. The summed E-state index contributed by atoms with van der Waals surface area (Å²) in [6.07, 6.45) is 3.34. The van der Waals surface area contributed by atoms with E-state index in [9.17, 15) is 8.78 Å².